The average molecular weight is 351 g/mol. The van der Waals surface area contributed by atoms with E-state index in [0.717, 1.165) is 0 Å². The number of nitrogens with two attached hydrogens (primary N) is 1. The number of nitrogens with zero attached hydrogens (tertiary/aromatic N) is 1. The van der Waals surface area contributed by atoms with E-state index in [-0.39, 0.29) is 22.0 Å². The summed E-state index contributed by atoms with van der Waals surface area (Å²) in [6.45, 7) is 2.17. The van der Waals surface area contributed by atoms with Gasteiger partial charge in [-0.15, -0.1) is 0 Å². The zero-order chi connectivity index (χ0) is 17.7. The van der Waals surface area contributed by atoms with Crippen LogP contribution < -0.4 is 15.2 Å². The molecule has 2 rings (SSSR count). The lowest BCUT2D eigenvalue weighted by atomic mass is 10.2. The third kappa shape index (κ3) is 4.13. The van der Waals surface area contributed by atoms with Gasteiger partial charge >= 0.3 is 0 Å². The Bertz CT molecular complexity index is 835. The maximum atomic E-state index is 12.4. The van der Waals surface area contributed by atoms with E-state index >= 15 is 0 Å². The number of hydrogen-bond acceptors (Lipinski definition) is 6. The molecule has 0 spiro atoms. The lowest BCUT2D eigenvalue weighted by molar-refractivity contribution is -0.384. The van der Waals surface area contributed by atoms with Gasteiger partial charge in [0.05, 0.1) is 28.2 Å². The second-order valence-electron chi connectivity index (χ2n) is 4.96. The van der Waals surface area contributed by atoms with Gasteiger partial charge in [0, 0.05) is 11.8 Å². The molecule has 9 heteroatoms. The van der Waals surface area contributed by atoms with Crippen LogP contribution in [0, 0.1) is 10.1 Å². The summed E-state index contributed by atoms with van der Waals surface area (Å²) in [7, 11) is -3.87. The van der Waals surface area contributed by atoms with Crippen molar-refractivity contribution in [2.45, 2.75) is 18.2 Å². The number of rotatable bonds is 7. The minimum atomic E-state index is -3.87. The Morgan fingerprint density at radius 1 is 1.21 bits per heavy atom. The number of ether oxygens (including phenoxy) is 1. The first kappa shape index (κ1) is 17.5. The topological polar surface area (TPSA) is 125 Å². The summed E-state index contributed by atoms with van der Waals surface area (Å²) in [5.41, 5.74) is 5.94. The summed E-state index contributed by atoms with van der Waals surface area (Å²) in [5, 5.41) is 10.9. The number of nitro benzene ring substituents is 1. The molecule has 0 aliphatic carbocycles. The fourth-order valence-corrected chi connectivity index (χ4v) is 2.96. The average Bonchev–Trinajstić information content (AvgIpc) is 2.53. The highest BCUT2D eigenvalue weighted by Crippen LogP contribution is 2.31. The third-order valence-corrected chi connectivity index (χ3v) is 4.45. The predicted octanol–water partition coefficient (Wildman–Crippen LogP) is 2.77. The molecule has 0 fully saturated rings. The molecule has 0 atom stereocenters. The quantitative estimate of drug-likeness (QED) is 0.449. The van der Waals surface area contributed by atoms with Crippen LogP contribution in [-0.4, -0.2) is 19.9 Å². The van der Waals surface area contributed by atoms with Gasteiger partial charge in [-0.2, -0.15) is 0 Å². The van der Waals surface area contributed by atoms with Crippen molar-refractivity contribution in [3.05, 3.63) is 52.6 Å². The molecule has 0 heterocycles. The zero-order valence-electron chi connectivity index (χ0n) is 12.9. The Morgan fingerprint density at radius 3 is 2.46 bits per heavy atom. The molecular formula is C15H17N3O5S. The standard InChI is InChI=1S/C15H17N3O5S/c1-2-9-23-15-10-12(18(19)20)5-8-14(15)17-24(21,22)13-6-3-11(16)4-7-13/h3-8,10,17H,2,9,16H2,1H3. The van der Waals surface area contributed by atoms with Gasteiger partial charge in [-0.05, 0) is 36.8 Å². The van der Waals surface area contributed by atoms with E-state index in [1.54, 1.807) is 0 Å². The van der Waals surface area contributed by atoms with Gasteiger partial charge in [-0.3, -0.25) is 14.8 Å². The molecule has 128 valence electrons. The zero-order valence-corrected chi connectivity index (χ0v) is 13.7. The van der Waals surface area contributed by atoms with Crippen LogP contribution in [0.4, 0.5) is 17.1 Å². The minimum Gasteiger partial charge on any atom is -0.491 e. The number of anilines is 2. The summed E-state index contributed by atoms with van der Waals surface area (Å²) in [6.07, 6.45) is 0.673. The van der Waals surface area contributed by atoms with Crippen LogP contribution >= 0.6 is 0 Å². The van der Waals surface area contributed by atoms with Crippen LogP contribution in [0.5, 0.6) is 5.75 Å². The number of benzene rings is 2. The molecule has 2 aromatic rings. The SMILES string of the molecule is CCCOc1cc([N+](=O)[O-])ccc1NS(=O)(=O)c1ccc(N)cc1. The van der Waals surface area contributed by atoms with Crippen molar-refractivity contribution in [2.24, 2.45) is 0 Å². The number of non-ortho nitro benzene ring substituents is 1. The van der Waals surface area contributed by atoms with Crippen LogP contribution in [0.2, 0.25) is 0 Å². The molecule has 0 saturated carbocycles. The molecule has 0 amide bonds. The Hall–Kier alpha value is -2.81. The Balaban J connectivity index is 2.36. The lowest BCUT2D eigenvalue weighted by Gasteiger charge is -2.13. The second kappa shape index (κ2) is 7.18. The van der Waals surface area contributed by atoms with Crippen LogP contribution in [0.25, 0.3) is 0 Å². The number of nitro groups is 1. The van der Waals surface area contributed by atoms with Crippen LogP contribution in [-0.2, 0) is 10.0 Å². The highest BCUT2D eigenvalue weighted by molar-refractivity contribution is 7.92. The fourth-order valence-electron chi connectivity index (χ4n) is 1.89. The van der Waals surface area contributed by atoms with E-state index in [1.165, 1.54) is 42.5 Å². The van der Waals surface area contributed by atoms with E-state index in [0.29, 0.717) is 18.7 Å². The van der Waals surface area contributed by atoms with Crippen LogP contribution in [0.15, 0.2) is 47.4 Å². The normalized spacial score (nSPS) is 11.0. The fraction of sp³-hybridized carbons (Fsp3) is 0.200. The van der Waals surface area contributed by atoms with Gasteiger partial charge in [0.1, 0.15) is 5.75 Å². The van der Waals surface area contributed by atoms with E-state index in [4.69, 9.17) is 10.5 Å². The van der Waals surface area contributed by atoms with Crippen molar-refractivity contribution in [3.8, 4) is 5.75 Å². The highest BCUT2D eigenvalue weighted by atomic mass is 32.2. The number of nitrogens with one attached hydrogen (secondary N) is 1. The lowest BCUT2D eigenvalue weighted by Crippen LogP contribution is -2.14. The van der Waals surface area contributed by atoms with Gasteiger partial charge < -0.3 is 10.5 Å². The smallest absolute Gasteiger partial charge is 0.273 e. The molecule has 0 unspecified atom stereocenters. The van der Waals surface area contributed by atoms with Gasteiger partial charge in [0.25, 0.3) is 15.7 Å². The van der Waals surface area contributed by atoms with Crippen molar-refractivity contribution in [1.29, 1.82) is 0 Å². The molecule has 0 bridgehead atoms. The first-order valence-corrected chi connectivity index (χ1v) is 8.61. The Morgan fingerprint density at radius 2 is 1.88 bits per heavy atom. The van der Waals surface area contributed by atoms with Crippen LogP contribution in [0.1, 0.15) is 13.3 Å². The summed E-state index contributed by atoms with van der Waals surface area (Å²) < 4.78 is 32.6. The Labute approximate surface area is 139 Å². The van der Waals surface area contributed by atoms with Gasteiger partial charge in [-0.1, -0.05) is 6.92 Å². The second-order valence-corrected chi connectivity index (χ2v) is 6.64. The van der Waals surface area contributed by atoms with E-state index in [1.807, 2.05) is 6.92 Å². The summed E-state index contributed by atoms with van der Waals surface area (Å²) in [6, 6.07) is 9.39. The molecule has 8 nitrogen and oxygen atoms in total. The molecule has 3 N–H and O–H groups in total. The van der Waals surface area contributed by atoms with E-state index in [2.05, 4.69) is 4.72 Å². The minimum absolute atomic E-state index is 0.0245. The largest absolute Gasteiger partial charge is 0.491 e. The molecule has 2 aromatic carbocycles. The molecule has 0 aliphatic rings. The monoisotopic (exact) mass is 351 g/mol. The van der Waals surface area contributed by atoms with Crippen molar-refractivity contribution < 1.29 is 18.1 Å². The molecule has 0 aromatic heterocycles. The highest BCUT2D eigenvalue weighted by Gasteiger charge is 2.19. The maximum Gasteiger partial charge on any atom is 0.273 e. The Kier molecular flexibility index (Phi) is 5.24. The van der Waals surface area contributed by atoms with Crippen molar-refractivity contribution in [2.75, 3.05) is 17.1 Å². The number of nitrogen functional groups attached to an aromatic ring is 1. The van der Waals surface area contributed by atoms with Crippen molar-refractivity contribution in [3.63, 3.8) is 0 Å². The van der Waals surface area contributed by atoms with Gasteiger partial charge in [0.15, 0.2) is 0 Å². The summed E-state index contributed by atoms with van der Waals surface area (Å²) in [5.74, 6) is 0.102. The van der Waals surface area contributed by atoms with E-state index < -0.39 is 14.9 Å². The first-order chi connectivity index (χ1) is 11.3. The molecular weight excluding hydrogens is 334 g/mol. The summed E-state index contributed by atoms with van der Waals surface area (Å²) in [4.78, 5) is 10.3. The third-order valence-electron chi connectivity index (χ3n) is 3.07. The first-order valence-electron chi connectivity index (χ1n) is 7.13. The molecule has 0 saturated heterocycles. The number of hydrogen-bond donors (Lipinski definition) is 2. The van der Waals surface area contributed by atoms with E-state index in [9.17, 15) is 18.5 Å². The van der Waals surface area contributed by atoms with Crippen LogP contribution in [0.3, 0.4) is 0 Å². The van der Waals surface area contributed by atoms with Gasteiger partial charge in [0.2, 0.25) is 0 Å². The maximum absolute atomic E-state index is 12.4. The number of sulfonamides is 1. The molecule has 24 heavy (non-hydrogen) atoms. The van der Waals surface area contributed by atoms with Crippen molar-refractivity contribution >= 4 is 27.1 Å². The van der Waals surface area contributed by atoms with Crippen molar-refractivity contribution in [1.82, 2.24) is 0 Å². The molecule has 0 aliphatic heterocycles. The van der Waals surface area contributed by atoms with Gasteiger partial charge in [-0.25, -0.2) is 8.42 Å². The predicted molar refractivity (Wildman–Crippen MR) is 90.5 cm³/mol. The molecule has 0 radical (unpaired) electrons. The summed E-state index contributed by atoms with van der Waals surface area (Å²) >= 11 is 0.